The van der Waals surface area contributed by atoms with Crippen LogP contribution in [0.15, 0.2) is 47.8 Å². The van der Waals surface area contributed by atoms with Gasteiger partial charge in [-0.25, -0.2) is 4.98 Å². The Morgan fingerprint density at radius 1 is 1.09 bits per heavy atom. The Hall–Kier alpha value is -3.16. The number of aromatic amines is 1. The van der Waals surface area contributed by atoms with Crippen LogP contribution < -0.4 is 4.74 Å². The second-order valence-electron chi connectivity index (χ2n) is 8.58. The van der Waals surface area contributed by atoms with Crippen LogP contribution in [0, 0.1) is 13.8 Å². The van der Waals surface area contributed by atoms with Gasteiger partial charge in [-0.05, 0) is 61.9 Å². The molecular formula is C26H28N4O2S. The summed E-state index contributed by atoms with van der Waals surface area (Å²) in [6.45, 7) is 8.15. The van der Waals surface area contributed by atoms with Crippen molar-refractivity contribution in [2.75, 3.05) is 33.3 Å². The summed E-state index contributed by atoms with van der Waals surface area (Å²) in [6, 6.07) is 14.0. The van der Waals surface area contributed by atoms with E-state index in [0.717, 1.165) is 76.9 Å². The van der Waals surface area contributed by atoms with Gasteiger partial charge in [0.1, 0.15) is 10.8 Å². The van der Waals surface area contributed by atoms with Gasteiger partial charge in [0.25, 0.3) is 5.91 Å². The molecule has 0 atom stereocenters. The molecule has 5 rings (SSSR count). The van der Waals surface area contributed by atoms with Crippen LogP contribution in [-0.2, 0) is 6.54 Å². The number of H-pyrrole nitrogens is 1. The quantitative estimate of drug-likeness (QED) is 0.461. The molecule has 0 saturated carbocycles. The normalized spacial score (nSPS) is 14.7. The second-order valence-corrected chi connectivity index (χ2v) is 9.43. The first kappa shape index (κ1) is 21.7. The third kappa shape index (κ3) is 4.38. The molecule has 0 radical (unpaired) electrons. The van der Waals surface area contributed by atoms with Gasteiger partial charge in [-0.1, -0.05) is 0 Å². The molecular weight excluding hydrogens is 432 g/mol. The lowest BCUT2D eigenvalue weighted by atomic mass is 10.1. The van der Waals surface area contributed by atoms with Gasteiger partial charge in [0.15, 0.2) is 0 Å². The number of rotatable bonds is 5. The third-order valence-corrected chi connectivity index (χ3v) is 7.43. The molecule has 3 heterocycles. The summed E-state index contributed by atoms with van der Waals surface area (Å²) in [7, 11) is 1.67. The fraction of sp³-hybridized carbons (Fsp3) is 0.308. The number of nitrogens with one attached hydrogen (secondary N) is 1. The fourth-order valence-electron chi connectivity index (χ4n) is 4.36. The monoisotopic (exact) mass is 460 g/mol. The molecule has 1 N–H and O–H groups in total. The first-order valence-electron chi connectivity index (χ1n) is 11.2. The summed E-state index contributed by atoms with van der Waals surface area (Å²) in [5.41, 5.74) is 6.40. The minimum atomic E-state index is 0.116. The number of fused-ring (bicyclic) bond motifs is 1. The van der Waals surface area contributed by atoms with Crippen molar-refractivity contribution in [3.05, 3.63) is 70.4 Å². The lowest BCUT2D eigenvalue weighted by Gasteiger charge is -2.34. The number of carbonyl (C=O) groups is 1. The number of nitrogens with zero attached hydrogens (tertiary/aromatic N) is 3. The van der Waals surface area contributed by atoms with Crippen molar-refractivity contribution in [1.29, 1.82) is 0 Å². The summed E-state index contributed by atoms with van der Waals surface area (Å²) in [4.78, 5) is 25.7. The van der Waals surface area contributed by atoms with Crippen molar-refractivity contribution in [3.8, 4) is 16.3 Å². The number of ether oxygens (including phenoxy) is 1. The minimum absolute atomic E-state index is 0.116. The van der Waals surface area contributed by atoms with Crippen LogP contribution in [0.5, 0.6) is 5.75 Å². The van der Waals surface area contributed by atoms with Crippen LogP contribution >= 0.6 is 11.3 Å². The van der Waals surface area contributed by atoms with Crippen LogP contribution in [0.2, 0.25) is 0 Å². The number of aryl methyl sites for hydroxylation is 2. The maximum absolute atomic E-state index is 13.1. The van der Waals surface area contributed by atoms with Gasteiger partial charge in [-0.15, -0.1) is 11.3 Å². The van der Waals surface area contributed by atoms with E-state index in [2.05, 4.69) is 29.1 Å². The average Bonchev–Trinajstić information content (AvgIpc) is 3.43. The highest BCUT2D eigenvalue weighted by atomic mass is 32.1. The fourth-order valence-corrected chi connectivity index (χ4v) is 5.18. The zero-order valence-corrected chi connectivity index (χ0v) is 20.0. The van der Waals surface area contributed by atoms with Crippen molar-refractivity contribution < 1.29 is 9.53 Å². The van der Waals surface area contributed by atoms with Crippen LogP contribution in [0.4, 0.5) is 0 Å². The number of hydrogen-bond donors (Lipinski definition) is 1. The summed E-state index contributed by atoms with van der Waals surface area (Å²) in [6.07, 6.45) is 0. The molecule has 1 aliphatic rings. The van der Waals surface area contributed by atoms with Crippen molar-refractivity contribution in [2.24, 2.45) is 0 Å². The Labute approximate surface area is 197 Å². The molecule has 0 bridgehead atoms. The van der Waals surface area contributed by atoms with Gasteiger partial charge in [0, 0.05) is 65.8 Å². The van der Waals surface area contributed by atoms with Crippen molar-refractivity contribution >= 4 is 28.1 Å². The number of amides is 1. The lowest BCUT2D eigenvalue weighted by molar-refractivity contribution is 0.0627. The van der Waals surface area contributed by atoms with Crippen molar-refractivity contribution in [2.45, 2.75) is 20.4 Å². The van der Waals surface area contributed by atoms with Crippen LogP contribution in [-0.4, -0.2) is 59.0 Å². The summed E-state index contributed by atoms with van der Waals surface area (Å²) in [5.74, 6) is 0.964. The molecule has 0 unspecified atom stereocenters. The Morgan fingerprint density at radius 2 is 1.85 bits per heavy atom. The molecule has 2 aromatic carbocycles. The summed E-state index contributed by atoms with van der Waals surface area (Å²) < 4.78 is 5.24. The standard InChI is InChI=1S/C26H28N4O2S/c1-17-18(2)27-24-9-6-20(14-23(17)24)26(31)30-12-10-29(11-13-30)15-21-16-33-25(28-21)19-4-7-22(32-3)8-5-19/h4-9,14,16,27H,10-13,15H2,1-3H3. The smallest absolute Gasteiger partial charge is 0.253 e. The number of thiazole rings is 1. The maximum Gasteiger partial charge on any atom is 0.253 e. The zero-order chi connectivity index (χ0) is 22.9. The Kier molecular flexibility index (Phi) is 5.91. The highest BCUT2D eigenvalue weighted by Crippen LogP contribution is 2.27. The van der Waals surface area contributed by atoms with Crippen LogP contribution in [0.25, 0.3) is 21.5 Å². The van der Waals surface area contributed by atoms with E-state index in [9.17, 15) is 4.79 Å². The molecule has 7 heteroatoms. The topological polar surface area (TPSA) is 61.5 Å². The number of methoxy groups -OCH3 is 1. The molecule has 1 saturated heterocycles. The SMILES string of the molecule is COc1ccc(-c2nc(CN3CCN(C(=O)c4ccc5[nH]c(C)c(C)c5c4)CC3)cs2)cc1. The van der Waals surface area contributed by atoms with Gasteiger partial charge in [-0.2, -0.15) is 0 Å². The van der Waals surface area contributed by atoms with E-state index in [1.165, 1.54) is 5.56 Å². The number of aromatic nitrogens is 2. The van der Waals surface area contributed by atoms with E-state index in [-0.39, 0.29) is 5.91 Å². The number of benzene rings is 2. The number of piperazine rings is 1. The van der Waals surface area contributed by atoms with E-state index in [1.807, 2.05) is 47.4 Å². The Balaban J connectivity index is 1.19. The molecule has 0 spiro atoms. The largest absolute Gasteiger partial charge is 0.497 e. The van der Waals surface area contributed by atoms with Gasteiger partial charge in [0.05, 0.1) is 12.8 Å². The Morgan fingerprint density at radius 3 is 2.58 bits per heavy atom. The third-order valence-electron chi connectivity index (χ3n) is 6.49. The zero-order valence-electron chi connectivity index (χ0n) is 19.2. The van der Waals surface area contributed by atoms with E-state index in [4.69, 9.17) is 9.72 Å². The molecule has 2 aromatic heterocycles. The van der Waals surface area contributed by atoms with E-state index < -0.39 is 0 Å². The van der Waals surface area contributed by atoms with Gasteiger partial charge >= 0.3 is 0 Å². The first-order valence-corrected chi connectivity index (χ1v) is 12.1. The second kappa shape index (κ2) is 9.00. The predicted molar refractivity (Wildman–Crippen MR) is 133 cm³/mol. The van der Waals surface area contributed by atoms with Gasteiger partial charge in [-0.3, -0.25) is 9.69 Å². The highest BCUT2D eigenvalue weighted by Gasteiger charge is 2.23. The highest BCUT2D eigenvalue weighted by molar-refractivity contribution is 7.13. The van der Waals surface area contributed by atoms with E-state index in [0.29, 0.717) is 0 Å². The van der Waals surface area contributed by atoms with Gasteiger partial charge < -0.3 is 14.6 Å². The molecule has 1 aliphatic heterocycles. The van der Waals surface area contributed by atoms with E-state index in [1.54, 1.807) is 18.4 Å². The number of carbonyl (C=O) groups excluding carboxylic acids is 1. The molecule has 6 nitrogen and oxygen atoms in total. The number of hydrogen-bond acceptors (Lipinski definition) is 5. The molecule has 4 aromatic rings. The molecule has 1 fully saturated rings. The van der Waals surface area contributed by atoms with Crippen LogP contribution in [0.3, 0.4) is 0 Å². The summed E-state index contributed by atoms with van der Waals surface area (Å²) >= 11 is 1.67. The minimum Gasteiger partial charge on any atom is -0.497 e. The molecule has 33 heavy (non-hydrogen) atoms. The summed E-state index contributed by atoms with van der Waals surface area (Å²) in [5, 5.41) is 4.29. The predicted octanol–water partition coefficient (Wildman–Crippen LogP) is 4.87. The first-order chi connectivity index (χ1) is 16.0. The Bertz CT molecular complexity index is 1280. The lowest BCUT2D eigenvalue weighted by Crippen LogP contribution is -2.48. The van der Waals surface area contributed by atoms with Crippen molar-refractivity contribution in [1.82, 2.24) is 19.8 Å². The molecule has 170 valence electrons. The maximum atomic E-state index is 13.1. The average molecular weight is 461 g/mol. The van der Waals surface area contributed by atoms with Gasteiger partial charge in [0.2, 0.25) is 0 Å². The van der Waals surface area contributed by atoms with Crippen molar-refractivity contribution in [3.63, 3.8) is 0 Å². The molecule has 1 amide bonds. The van der Waals surface area contributed by atoms with Crippen LogP contribution in [0.1, 0.15) is 27.3 Å². The molecule has 0 aliphatic carbocycles. The van der Waals surface area contributed by atoms with E-state index >= 15 is 0 Å².